The molecule has 0 aliphatic carbocycles. The van der Waals surface area contributed by atoms with Crippen LogP contribution in [0, 0.1) is 12.7 Å². The summed E-state index contributed by atoms with van der Waals surface area (Å²) in [6, 6.07) is 15.3. The lowest BCUT2D eigenvalue weighted by Crippen LogP contribution is -2.39. The minimum atomic E-state index is -0.507. The first kappa shape index (κ1) is 17.9. The Balaban J connectivity index is 1.41. The summed E-state index contributed by atoms with van der Waals surface area (Å²) in [6.45, 7) is 4.69. The van der Waals surface area contributed by atoms with Crippen LogP contribution in [0.15, 0.2) is 48.5 Å². The van der Waals surface area contributed by atoms with E-state index in [1.807, 2.05) is 19.1 Å². The van der Waals surface area contributed by atoms with Crippen LogP contribution >= 0.6 is 0 Å². The minimum Gasteiger partial charge on any atom is -0.390 e. The van der Waals surface area contributed by atoms with Gasteiger partial charge in [0.15, 0.2) is 0 Å². The van der Waals surface area contributed by atoms with E-state index in [1.54, 1.807) is 6.07 Å². The molecule has 3 aromatic rings. The quantitative estimate of drug-likeness (QED) is 0.726. The number of β-amino-alcohol motifs (C(OH)–C–C–N with tert-alkyl or cyclic N) is 1. The van der Waals surface area contributed by atoms with Crippen molar-refractivity contribution in [1.82, 2.24) is 9.88 Å². The van der Waals surface area contributed by atoms with Gasteiger partial charge in [0.1, 0.15) is 11.3 Å². The van der Waals surface area contributed by atoms with Gasteiger partial charge in [0.2, 0.25) is 0 Å². The van der Waals surface area contributed by atoms with Crippen LogP contribution < -0.4 is 5.32 Å². The fourth-order valence-corrected chi connectivity index (χ4v) is 3.79. The monoisotopic (exact) mass is 365 g/mol. The maximum atomic E-state index is 14.0. The van der Waals surface area contributed by atoms with Crippen molar-refractivity contribution in [3.63, 3.8) is 0 Å². The van der Waals surface area contributed by atoms with Crippen LogP contribution in [0.2, 0.25) is 0 Å². The second kappa shape index (κ2) is 7.62. The Morgan fingerprint density at radius 3 is 2.85 bits per heavy atom. The number of aliphatic hydroxyl groups is 1. The van der Waals surface area contributed by atoms with Gasteiger partial charge in [0, 0.05) is 42.9 Å². The predicted molar refractivity (Wildman–Crippen MR) is 106 cm³/mol. The SMILES string of the molecule is Cc1cc(NCC(O)CN2CCc3ccccc3C2)c2cccc(F)c2n1. The van der Waals surface area contributed by atoms with Gasteiger partial charge >= 0.3 is 0 Å². The normalized spacial score (nSPS) is 15.5. The first-order valence-corrected chi connectivity index (χ1v) is 9.37. The van der Waals surface area contributed by atoms with E-state index < -0.39 is 6.10 Å². The number of rotatable bonds is 5. The van der Waals surface area contributed by atoms with E-state index >= 15 is 0 Å². The van der Waals surface area contributed by atoms with Crippen molar-refractivity contribution in [1.29, 1.82) is 0 Å². The number of aryl methyl sites for hydroxylation is 1. The van der Waals surface area contributed by atoms with Crippen LogP contribution in [0.25, 0.3) is 10.9 Å². The zero-order valence-electron chi connectivity index (χ0n) is 15.5. The molecule has 140 valence electrons. The molecule has 0 saturated carbocycles. The fraction of sp³-hybridized carbons (Fsp3) is 0.318. The molecule has 4 nitrogen and oxygen atoms in total. The van der Waals surface area contributed by atoms with E-state index in [0.29, 0.717) is 18.6 Å². The van der Waals surface area contributed by atoms with Crippen LogP contribution in [0.1, 0.15) is 16.8 Å². The molecule has 5 heteroatoms. The molecule has 2 heterocycles. The third kappa shape index (κ3) is 3.94. The molecule has 2 N–H and O–H groups in total. The molecule has 1 atom stereocenters. The van der Waals surface area contributed by atoms with Gasteiger partial charge < -0.3 is 10.4 Å². The van der Waals surface area contributed by atoms with Crippen molar-refractivity contribution in [3.8, 4) is 0 Å². The van der Waals surface area contributed by atoms with Gasteiger partial charge in [0.25, 0.3) is 0 Å². The first-order valence-electron chi connectivity index (χ1n) is 9.37. The van der Waals surface area contributed by atoms with E-state index in [0.717, 1.165) is 36.3 Å². The average Bonchev–Trinajstić information content (AvgIpc) is 2.67. The Kier molecular flexibility index (Phi) is 5.05. The van der Waals surface area contributed by atoms with Crippen molar-refractivity contribution in [3.05, 3.63) is 71.2 Å². The van der Waals surface area contributed by atoms with Crippen molar-refractivity contribution in [2.45, 2.75) is 26.0 Å². The number of pyridine rings is 1. The van der Waals surface area contributed by atoms with Gasteiger partial charge in [-0.15, -0.1) is 0 Å². The Labute approximate surface area is 158 Å². The van der Waals surface area contributed by atoms with E-state index in [9.17, 15) is 9.50 Å². The van der Waals surface area contributed by atoms with Gasteiger partial charge in [-0.3, -0.25) is 4.90 Å². The minimum absolute atomic E-state index is 0.327. The largest absolute Gasteiger partial charge is 0.390 e. The van der Waals surface area contributed by atoms with Crippen LogP contribution in [0.4, 0.5) is 10.1 Å². The summed E-state index contributed by atoms with van der Waals surface area (Å²) in [4.78, 5) is 6.57. The number of hydrogen-bond acceptors (Lipinski definition) is 4. The van der Waals surface area contributed by atoms with Crippen molar-refractivity contribution in [2.24, 2.45) is 0 Å². The molecule has 0 saturated heterocycles. The van der Waals surface area contributed by atoms with Crippen molar-refractivity contribution < 1.29 is 9.50 Å². The highest BCUT2D eigenvalue weighted by molar-refractivity contribution is 5.91. The number of halogens is 1. The maximum absolute atomic E-state index is 14.0. The summed E-state index contributed by atoms with van der Waals surface area (Å²) in [6.07, 6.45) is 0.511. The van der Waals surface area contributed by atoms with Gasteiger partial charge in [-0.05, 0) is 36.6 Å². The molecule has 1 unspecified atom stereocenters. The molecule has 4 rings (SSSR count). The molecule has 0 amide bonds. The van der Waals surface area contributed by atoms with Crippen molar-refractivity contribution in [2.75, 3.05) is 25.0 Å². The van der Waals surface area contributed by atoms with Gasteiger partial charge in [-0.25, -0.2) is 9.37 Å². The van der Waals surface area contributed by atoms with E-state index in [2.05, 4.69) is 39.5 Å². The first-order chi connectivity index (χ1) is 13.1. The lowest BCUT2D eigenvalue weighted by atomic mass is 10.00. The van der Waals surface area contributed by atoms with Gasteiger partial charge in [0.05, 0.1) is 6.10 Å². The third-order valence-electron chi connectivity index (χ3n) is 5.13. The predicted octanol–water partition coefficient (Wildman–Crippen LogP) is 3.51. The van der Waals surface area contributed by atoms with Crippen LogP contribution in [-0.4, -0.2) is 40.7 Å². The Bertz CT molecular complexity index is 959. The number of fused-ring (bicyclic) bond motifs is 2. The highest BCUT2D eigenvalue weighted by Gasteiger charge is 2.18. The zero-order valence-corrected chi connectivity index (χ0v) is 15.5. The molecule has 1 aliphatic heterocycles. The average molecular weight is 365 g/mol. The number of para-hydroxylation sites is 1. The summed E-state index contributed by atoms with van der Waals surface area (Å²) in [5.41, 5.74) is 4.66. The topological polar surface area (TPSA) is 48.4 Å². The van der Waals surface area contributed by atoms with E-state index in [1.165, 1.54) is 17.2 Å². The molecule has 0 spiro atoms. The third-order valence-corrected chi connectivity index (χ3v) is 5.13. The summed E-state index contributed by atoms with van der Waals surface area (Å²) in [7, 11) is 0. The number of hydrogen-bond donors (Lipinski definition) is 2. The molecule has 1 aromatic heterocycles. The highest BCUT2D eigenvalue weighted by atomic mass is 19.1. The van der Waals surface area contributed by atoms with E-state index in [4.69, 9.17) is 0 Å². The smallest absolute Gasteiger partial charge is 0.149 e. The highest BCUT2D eigenvalue weighted by Crippen LogP contribution is 2.25. The standard InChI is InChI=1S/C22H24FN3O/c1-15-11-21(19-7-4-8-20(23)22(19)25-15)24-12-18(27)14-26-10-9-16-5-2-3-6-17(16)13-26/h2-8,11,18,27H,9-10,12-14H2,1H3,(H,24,25). The molecule has 27 heavy (non-hydrogen) atoms. The Morgan fingerprint density at radius 2 is 2.00 bits per heavy atom. The number of anilines is 1. The fourth-order valence-electron chi connectivity index (χ4n) is 3.79. The number of nitrogens with one attached hydrogen (secondary N) is 1. The summed E-state index contributed by atoms with van der Waals surface area (Å²) in [5.74, 6) is -0.327. The number of aliphatic hydroxyl groups excluding tert-OH is 1. The van der Waals surface area contributed by atoms with Crippen LogP contribution in [0.5, 0.6) is 0 Å². The lowest BCUT2D eigenvalue weighted by Gasteiger charge is -2.30. The van der Waals surface area contributed by atoms with Gasteiger partial charge in [-0.2, -0.15) is 0 Å². The Hall–Kier alpha value is -2.50. The molecule has 0 bridgehead atoms. The van der Waals surface area contributed by atoms with Crippen LogP contribution in [-0.2, 0) is 13.0 Å². The lowest BCUT2D eigenvalue weighted by molar-refractivity contribution is 0.114. The van der Waals surface area contributed by atoms with Crippen molar-refractivity contribution >= 4 is 16.6 Å². The molecule has 0 fully saturated rings. The second-order valence-electron chi connectivity index (χ2n) is 7.24. The maximum Gasteiger partial charge on any atom is 0.149 e. The van der Waals surface area contributed by atoms with E-state index in [-0.39, 0.29) is 5.82 Å². The second-order valence-corrected chi connectivity index (χ2v) is 7.24. The molecule has 0 radical (unpaired) electrons. The van der Waals surface area contributed by atoms with Gasteiger partial charge in [-0.1, -0.05) is 36.4 Å². The number of benzene rings is 2. The summed E-state index contributed by atoms with van der Waals surface area (Å²) in [5, 5.41) is 14.5. The zero-order chi connectivity index (χ0) is 18.8. The molecule has 2 aromatic carbocycles. The van der Waals surface area contributed by atoms with Crippen LogP contribution in [0.3, 0.4) is 0 Å². The summed E-state index contributed by atoms with van der Waals surface area (Å²) >= 11 is 0. The Morgan fingerprint density at radius 1 is 1.19 bits per heavy atom. The summed E-state index contributed by atoms with van der Waals surface area (Å²) < 4.78 is 14.0. The number of nitrogens with zero attached hydrogens (tertiary/aromatic N) is 2. The number of aromatic nitrogens is 1. The molecule has 1 aliphatic rings. The molecular weight excluding hydrogens is 341 g/mol. The molecular formula is C22H24FN3O.